The van der Waals surface area contributed by atoms with Crippen molar-refractivity contribution in [1.82, 2.24) is 0 Å². The molecule has 1 rings (SSSR count). The first-order valence-electron chi connectivity index (χ1n) is 28.6. The maximum atomic E-state index is 12.0. The second-order valence-corrected chi connectivity index (χ2v) is 19.9. The molecule has 1 atom stereocenters. The Morgan fingerprint density at radius 1 is 0.478 bits per heavy atom. The van der Waals surface area contributed by atoms with E-state index >= 15 is 0 Å². The highest BCUT2D eigenvalue weighted by molar-refractivity contribution is 5.87. The van der Waals surface area contributed by atoms with E-state index in [1.807, 2.05) is 0 Å². The zero-order chi connectivity index (χ0) is 48.4. The quantitative estimate of drug-likeness (QED) is 0.0335. The monoisotopic (exact) mass is 943 g/mol. The average molecular weight is 943 g/mol. The molecule has 0 aliphatic rings. The molecule has 1 aromatic carbocycles. The molecule has 1 aromatic rings. The Hall–Kier alpha value is -2.58. The zero-order valence-electron chi connectivity index (χ0n) is 43.6. The molecule has 0 heterocycles. The number of hydrogen-bond donors (Lipinski definition) is 3. The molecule has 390 valence electrons. The van der Waals surface area contributed by atoms with Crippen molar-refractivity contribution in [2.24, 2.45) is 0 Å². The van der Waals surface area contributed by atoms with Gasteiger partial charge in [0.15, 0.2) is 11.5 Å². The molecule has 0 bridgehead atoms. The van der Waals surface area contributed by atoms with E-state index in [9.17, 15) is 19.8 Å². The normalized spacial score (nSPS) is 12.0. The number of aliphatic hydroxyl groups excluding tert-OH is 2. The Labute approximate surface area is 412 Å². The lowest BCUT2D eigenvalue weighted by Crippen LogP contribution is -2.21. The van der Waals surface area contributed by atoms with Crippen LogP contribution in [0.3, 0.4) is 0 Å². The van der Waals surface area contributed by atoms with Gasteiger partial charge in [0.25, 0.3) is 0 Å². The van der Waals surface area contributed by atoms with E-state index in [0.29, 0.717) is 18.8 Å². The van der Waals surface area contributed by atoms with Gasteiger partial charge in [-0.25, -0.2) is 4.79 Å². The number of benzene rings is 1. The molecule has 3 N–H and O–H groups in total. The standard InChI is InChI=1S/C59H106O8/c1-65-57-51-54(46-48-56(57)62)47-49-59(64)66-50-44-42-40-38-36-34-32-30-28-26-24-22-20-18-16-14-12-10-8-6-4-2-3-5-7-9-11-13-15-17-19-21-23-25-27-29-31-33-35-37-39-41-43-45-58(63)67-53-55(61)52-60/h46-49,51,55,60-62H,2-45,50,52-53H2,1H3. The molecule has 0 spiro atoms. The summed E-state index contributed by atoms with van der Waals surface area (Å²) < 4.78 is 15.3. The highest BCUT2D eigenvalue weighted by atomic mass is 16.5. The topological polar surface area (TPSA) is 123 Å². The summed E-state index contributed by atoms with van der Waals surface area (Å²) in [7, 11) is 1.50. The van der Waals surface area contributed by atoms with Crippen LogP contribution in [0.1, 0.15) is 288 Å². The molecule has 0 fully saturated rings. The fourth-order valence-electron chi connectivity index (χ4n) is 9.12. The molecule has 67 heavy (non-hydrogen) atoms. The van der Waals surface area contributed by atoms with E-state index in [2.05, 4.69) is 0 Å². The van der Waals surface area contributed by atoms with Crippen molar-refractivity contribution in [1.29, 1.82) is 0 Å². The summed E-state index contributed by atoms with van der Waals surface area (Å²) in [6, 6.07) is 4.96. The zero-order valence-corrected chi connectivity index (χ0v) is 43.6. The second-order valence-electron chi connectivity index (χ2n) is 19.9. The Morgan fingerprint density at radius 3 is 1.10 bits per heavy atom. The van der Waals surface area contributed by atoms with E-state index in [1.165, 1.54) is 264 Å². The number of aliphatic hydroxyl groups is 2. The lowest BCUT2D eigenvalue weighted by atomic mass is 10.0. The Kier molecular flexibility index (Phi) is 46.4. The smallest absolute Gasteiger partial charge is 0.330 e. The van der Waals surface area contributed by atoms with Gasteiger partial charge in [0.2, 0.25) is 0 Å². The van der Waals surface area contributed by atoms with Crippen LogP contribution in [0.5, 0.6) is 11.5 Å². The van der Waals surface area contributed by atoms with Crippen molar-refractivity contribution in [2.45, 2.75) is 289 Å². The molecule has 0 saturated heterocycles. The summed E-state index contributed by atoms with van der Waals surface area (Å²) in [6.45, 7) is -0.0143. The fourth-order valence-corrected chi connectivity index (χ4v) is 9.12. The van der Waals surface area contributed by atoms with Crippen LogP contribution in [0.2, 0.25) is 0 Å². The number of methoxy groups -OCH3 is 1. The van der Waals surface area contributed by atoms with Gasteiger partial charge in [0, 0.05) is 12.5 Å². The summed E-state index contributed by atoms with van der Waals surface area (Å²) in [5, 5.41) is 27.6. The van der Waals surface area contributed by atoms with Gasteiger partial charge >= 0.3 is 11.9 Å². The van der Waals surface area contributed by atoms with Crippen LogP contribution in [0.15, 0.2) is 24.3 Å². The maximum absolute atomic E-state index is 12.0. The average Bonchev–Trinajstić information content (AvgIpc) is 3.33. The Morgan fingerprint density at radius 2 is 0.791 bits per heavy atom. The van der Waals surface area contributed by atoms with Crippen molar-refractivity contribution >= 4 is 18.0 Å². The van der Waals surface area contributed by atoms with E-state index in [4.69, 9.17) is 19.3 Å². The number of carbonyl (C=O) groups excluding carboxylic acids is 2. The van der Waals surface area contributed by atoms with Crippen molar-refractivity contribution in [2.75, 3.05) is 26.9 Å². The van der Waals surface area contributed by atoms with Gasteiger partial charge in [-0.2, -0.15) is 0 Å². The molecule has 8 nitrogen and oxygen atoms in total. The van der Waals surface area contributed by atoms with E-state index < -0.39 is 6.10 Å². The predicted molar refractivity (Wildman–Crippen MR) is 282 cm³/mol. The van der Waals surface area contributed by atoms with Gasteiger partial charge in [-0.3, -0.25) is 4.79 Å². The van der Waals surface area contributed by atoms with Gasteiger partial charge < -0.3 is 29.5 Å². The van der Waals surface area contributed by atoms with E-state index in [-0.39, 0.29) is 30.9 Å². The van der Waals surface area contributed by atoms with Crippen LogP contribution >= 0.6 is 0 Å². The Balaban J connectivity index is 1.65. The first-order valence-corrected chi connectivity index (χ1v) is 28.6. The summed E-state index contributed by atoms with van der Waals surface area (Å²) >= 11 is 0. The van der Waals surface area contributed by atoms with Crippen molar-refractivity contribution in [3.05, 3.63) is 29.8 Å². The number of unbranched alkanes of at least 4 members (excludes halogenated alkanes) is 42. The number of ether oxygens (including phenoxy) is 3. The lowest BCUT2D eigenvalue weighted by Gasteiger charge is -2.08. The van der Waals surface area contributed by atoms with Crippen LogP contribution in [0.25, 0.3) is 6.08 Å². The SMILES string of the molecule is COc1cc(C=CC(=O)OCCCCCCCCCCCCCCCCCCCCCCCCCCCCCCCCCCCCCCCCCCCCCC(=O)OCC(O)CO)ccc1O. The molecule has 0 aliphatic carbocycles. The van der Waals surface area contributed by atoms with Crippen molar-refractivity contribution in [3.8, 4) is 11.5 Å². The van der Waals surface area contributed by atoms with Gasteiger partial charge in [-0.15, -0.1) is 0 Å². The number of phenols is 1. The largest absolute Gasteiger partial charge is 0.504 e. The minimum absolute atomic E-state index is 0.0786. The highest BCUT2D eigenvalue weighted by Gasteiger charge is 2.08. The second kappa shape index (κ2) is 49.8. The van der Waals surface area contributed by atoms with Crippen LogP contribution in [-0.4, -0.2) is 60.3 Å². The fraction of sp³-hybridized carbons (Fsp3) is 0.831. The summed E-state index contributed by atoms with van der Waals surface area (Å²) in [4.78, 5) is 23.5. The summed E-state index contributed by atoms with van der Waals surface area (Å²) in [6.07, 6.45) is 61.1. The number of aromatic hydroxyl groups is 1. The maximum Gasteiger partial charge on any atom is 0.330 e. The molecule has 0 aromatic heterocycles. The lowest BCUT2D eigenvalue weighted by molar-refractivity contribution is -0.147. The molecule has 1 unspecified atom stereocenters. The van der Waals surface area contributed by atoms with Gasteiger partial charge in [0.05, 0.1) is 20.3 Å². The number of rotatable bonds is 52. The number of esters is 2. The number of carbonyl (C=O) groups is 2. The molecule has 0 aliphatic heterocycles. The third kappa shape index (κ3) is 44.4. The number of phenolic OH excluding ortho intramolecular Hbond substituents is 1. The molecule has 0 radical (unpaired) electrons. The molecule has 8 heteroatoms. The van der Waals surface area contributed by atoms with Crippen LogP contribution in [-0.2, 0) is 19.1 Å². The first-order chi connectivity index (χ1) is 33.0. The summed E-state index contributed by atoms with van der Waals surface area (Å²) in [5.74, 6) is -0.149. The van der Waals surface area contributed by atoms with Crippen LogP contribution < -0.4 is 4.74 Å². The first kappa shape index (κ1) is 62.4. The molecule has 0 amide bonds. The van der Waals surface area contributed by atoms with Crippen molar-refractivity contribution < 1.29 is 39.1 Å². The van der Waals surface area contributed by atoms with Crippen LogP contribution in [0, 0.1) is 0 Å². The third-order valence-electron chi connectivity index (χ3n) is 13.5. The minimum atomic E-state index is -0.964. The highest BCUT2D eigenvalue weighted by Crippen LogP contribution is 2.27. The summed E-state index contributed by atoms with van der Waals surface area (Å²) in [5.41, 5.74) is 0.776. The molecular weight excluding hydrogens is 837 g/mol. The number of hydrogen-bond acceptors (Lipinski definition) is 8. The minimum Gasteiger partial charge on any atom is -0.504 e. The Bertz CT molecular complexity index is 1250. The van der Waals surface area contributed by atoms with Crippen molar-refractivity contribution in [3.63, 3.8) is 0 Å². The van der Waals surface area contributed by atoms with Crippen LogP contribution in [0.4, 0.5) is 0 Å². The predicted octanol–water partition coefficient (Wildman–Crippen LogP) is 17.0. The molecular formula is C59H106O8. The molecule has 0 saturated carbocycles. The van der Waals surface area contributed by atoms with E-state index in [0.717, 1.165) is 31.2 Å². The van der Waals surface area contributed by atoms with Gasteiger partial charge in [0.1, 0.15) is 12.7 Å². The van der Waals surface area contributed by atoms with Gasteiger partial charge in [-0.05, 0) is 36.6 Å². The van der Waals surface area contributed by atoms with E-state index in [1.54, 1.807) is 24.3 Å². The van der Waals surface area contributed by atoms with Gasteiger partial charge in [-0.1, -0.05) is 269 Å². The third-order valence-corrected chi connectivity index (χ3v) is 13.5.